The molecule has 1 fully saturated rings. The molecule has 1 N–H and O–H groups in total. The van der Waals surface area contributed by atoms with Crippen molar-refractivity contribution in [2.75, 3.05) is 27.2 Å². The molecule has 0 saturated heterocycles. The Morgan fingerprint density at radius 2 is 1.94 bits per heavy atom. The first-order valence-electron chi connectivity index (χ1n) is 7.42. The molecule has 1 amide bonds. The van der Waals surface area contributed by atoms with Crippen LogP contribution in [0, 0.1) is 11.3 Å². The number of nitrogens with one attached hydrogen (secondary N) is 1. The molecule has 106 valence electrons. The largest absolute Gasteiger partial charge is 0.345 e. The molecule has 0 aromatic carbocycles. The second-order valence-electron chi connectivity index (χ2n) is 6.27. The lowest BCUT2D eigenvalue weighted by Crippen LogP contribution is -2.42. The van der Waals surface area contributed by atoms with Crippen molar-refractivity contribution in [1.82, 2.24) is 10.2 Å². The molecule has 0 aromatic rings. The van der Waals surface area contributed by atoms with E-state index in [1.807, 2.05) is 19.0 Å². The van der Waals surface area contributed by atoms with E-state index in [-0.39, 0.29) is 5.41 Å². The molecule has 0 unspecified atom stereocenters. The van der Waals surface area contributed by atoms with Gasteiger partial charge in [0.25, 0.3) is 0 Å². The molecular formula is C15H30N2O. The Morgan fingerprint density at radius 3 is 2.44 bits per heavy atom. The van der Waals surface area contributed by atoms with Crippen molar-refractivity contribution in [3.63, 3.8) is 0 Å². The molecule has 0 bridgehead atoms. The molecule has 1 aliphatic carbocycles. The molecule has 3 heteroatoms. The molecule has 0 heterocycles. The standard InChI is InChI=1S/C15H30N2O/c1-13(2)12-15(8-5-6-9-15)14(18)17(4)11-7-10-16-3/h13,16H,5-12H2,1-4H3. The zero-order valence-electron chi connectivity index (χ0n) is 12.6. The van der Waals surface area contributed by atoms with Crippen LogP contribution in [0.2, 0.25) is 0 Å². The summed E-state index contributed by atoms with van der Waals surface area (Å²) in [7, 11) is 3.93. The first kappa shape index (κ1) is 15.5. The van der Waals surface area contributed by atoms with Crippen molar-refractivity contribution in [2.45, 2.75) is 52.4 Å². The quantitative estimate of drug-likeness (QED) is 0.708. The molecule has 0 atom stereocenters. The highest BCUT2D eigenvalue weighted by Crippen LogP contribution is 2.44. The van der Waals surface area contributed by atoms with Crippen LogP contribution in [0.15, 0.2) is 0 Å². The molecule has 0 spiro atoms. The number of nitrogens with zero attached hydrogens (tertiary/aromatic N) is 1. The van der Waals surface area contributed by atoms with Gasteiger partial charge in [-0.05, 0) is 45.2 Å². The third-order valence-corrected chi connectivity index (χ3v) is 4.08. The fraction of sp³-hybridized carbons (Fsp3) is 0.933. The van der Waals surface area contributed by atoms with Crippen molar-refractivity contribution in [2.24, 2.45) is 11.3 Å². The van der Waals surface area contributed by atoms with Crippen LogP contribution in [-0.4, -0.2) is 38.0 Å². The van der Waals surface area contributed by atoms with Gasteiger partial charge in [-0.2, -0.15) is 0 Å². The molecule has 0 aliphatic heterocycles. The fourth-order valence-corrected chi connectivity index (χ4v) is 3.34. The predicted molar refractivity (Wildman–Crippen MR) is 76.5 cm³/mol. The van der Waals surface area contributed by atoms with E-state index < -0.39 is 0 Å². The van der Waals surface area contributed by atoms with Gasteiger partial charge in [-0.3, -0.25) is 4.79 Å². The summed E-state index contributed by atoms with van der Waals surface area (Å²) >= 11 is 0. The minimum atomic E-state index is -0.0391. The summed E-state index contributed by atoms with van der Waals surface area (Å²) < 4.78 is 0. The van der Waals surface area contributed by atoms with E-state index in [0.29, 0.717) is 11.8 Å². The van der Waals surface area contributed by atoms with Gasteiger partial charge in [-0.25, -0.2) is 0 Å². The van der Waals surface area contributed by atoms with Crippen molar-refractivity contribution < 1.29 is 4.79 Å². The topological polar surface area (TPSA) is 32.3 Å². The SMILES string of the molecule is CNCCCN(C)C(=O)C1(CC(C)C)CCCC1. The van der Waals surface area contributed by atoms with Gasteiger partial charge >= 0.3 is 0 Å². The minimum absolute atomic E-state index is 0.0391. The summed E-state index contributed by atoms with van der Waals surface area (Å²) in [5.74, 6) is 1.00. The molecule has 0 aromatic heterocycles. The van der Waals surface area contributed by atoms with Crippen LogP contribution in [0.3, 0.4) is 0 Å². The van der Waals surface area contributed by atoms with Crippen molar-refractivity contribution in [3.05, 3.63) is 0 Å². The van der Waals surface area contributed by atoms with E-state index in [2.05, 4.69) is 19.2 Å². The zero-order chi connectivity index (χ0) is 13.6. The number of rotatable bonds is 7. The van der Waals surface area contributed by atoms with Gasteiger partial charge < -0.3 is 10.2 Å². The average Bonchev–Trinajstić information content (AvgIpc) is 2.77. The maximum Gasteiger partial charge on any atom is 0.228 e. The first-order chi connectivity index (χ1) is 8.52. The monoisotopic (exact) mass is 254 g/mol. The third kappa shape index (κ3) is 3.98. The molecule has 18 heavy (non-hydrogen) atoms. The lowest BCUT2D eigenvalue weighted by Gasteiger charge is -2.34. The smallest absolute Gasteiger partial charge is 0.228 e. The van der Waals surface area contributed by atoms with Crippen LogP contribution in [0.4, 0.5) is 0 Å². The Morgan fingerprint density at radius 1 is 1.33 bits per heavy atom. The van der Waals surface area contributed by atoms with Crippen molar-refractivity contribution in [1.29, 1.82) is 0 Å². The Balaban J connectivity index is 2.59. The summed E-state index contributed by atoms with van der Waals surface area (Å²) in [4.78, 5) is 14.7. The van der Waals surface area contributed by atoms with Gasteiger partial charge in [-0.1, -0.05) is 26.7 Å². The summed E-state index contributed by atoms with van der Waals surface area (Å²) in [5, 5.41) is 3.14. The van der Waals surface area contributed by atoms with Gasteiger partial charge in [0.2, 0.25) is 5.91 Å². The lowest BCUT2D eigenvalue weighted by molar-refractivity contribution is -0.141. The van der Waals surface area contributed by atoms with E-state index in [4.69, 9.17) is 0 Å². The van der Waals surface area contributed by atoms with Gasteiger partial charge in [0.05, 0.1) is 0 Å². The van der Waals surface area contributed by atoms with Gasteiger partial charge in [0, 0.05) is 19.0 Å². The maximum atomic E-state index is 12.7. The Hall–Kier alpha value is -0.570. The summed E-state index contributed by atoms with van der Waals surface area (Å²) in [6.07, 6.45) is 6.74. The summed E-state index contributed by atoms with van der Waals surface area (Å²) in [5.41, 5.74) is -0.0391. The second-order valence-corrected chi connectivity index (χ2v) is 6.27. The summed E-state index contributed by atoms with van der Waals surface area (Å²) in [6, 6.07) is 0. The normalized spacial score (nSPS) is 18.3. The second kappa shape index (κ2) is 7.13. The van der Waals surface area contributed by atoms with Crippen LogP contribution in [0.1, 0.15) is 52.4 Å². The third-order valence-electron chi connectivity index (χ3n) is 4.08. The minimum Gasteiger partial charge on any atom is -0.345 e. The van der Waals surface area contributed by atoms with Crippen molar-refractivity contribution in [3.8, 4) is 0 Å². The fourth-order valence-electron chi connectivity index (χ4n) is 3.34. The number of carbonyl (C=O) groups is 1. The van der Waals surface area contributed by atoms with Gasteiger partial charge in [0.1, 0.15) is 0 Å². The maximum absolute atomic E-state index is 12.7. The number of carbonyl (C=O) groups excluding carboxylic acids is 1. The van der Waals surface area contributed by atoms with E-state index in [9.17, 15) is 4.79 Å². The van der Waals surface area contributed by atoms with E-state index >= 15 is 0 Å². The van der Waals surface area contributed by atoms with Crippen LogP contribution in [0.25, 0.3) is 0 Å². The lowest BCUT2D eigenvalue weighted by atomic mass is 9.77. The molecule has 0 radical (unpaired) electrons. The molecular weight excluding hydrogens is 224 g/mol. The molecule has 1 saturated carbocycles. The summed E-state index contributed by atoms with van der Waals surface area (Å²) in [6.45, 7) is 6.32. The van der Waals surface area contributed by atoms with Crippen LogP contribution < -0.4 is 5.32 Å². The number of amides is 1. The Labute approximate surface area is 112 Å². The highest BCUT2D eigenvalue weighted by atomic mass is 16.2. The molecule has 3 nitrogen and oxygen atoms in total. The number of hydrogen-bond donors (Lipinski definition) is 1. The highest BCUT2D eigenvalue weighted by Gasteiger charge is 2.42. The van der Waals surface area contributed by atoms with E-state index in [1.165, 1.54) is 12.8 Å². The zero-order valence-corrected chi connectivity index (χ0v) is 12.6. The first-order valence-corrected chi connectivity index (χ1v) is 7.42. The van der Waals surface area contributed by atoms with Gasteiger partial charge in [-0.15, -0.1) is 0 Å². The van der Waals surface area contributed by atoms with Crippen molar-refractivity contribution >= 4 is 5.91 Å². The Kier molecular flexibility index (Phi) is 6.13. The molecule has 1 aliphatic rings. The average molecular weight is 254 g/mol. The number of hydrogen-bond acceptors (Lipinski definition) is 2. The van der Waals surface area contributed by atoms with E-state index in [0.717, 1.165) is 38.8 Å². The molecule has 1 rings (SSSR count). The van der Waals surface area contributed by atoms with Crippen LogP contribution >= 0.6 is 0 Å². The van der Waals surface area contributed by atoms with E-state index in [1.54, 1.807) is 0 Å². The Bertz CT molecular complexity index is 257. The van der Waals surface area contributed by atoms with Gasteiger partial charge in [0.15, 0.2) is 0 Å². The van der Waals surface area contributed by atoms with Crippen LogP contribution in [0.5, 0.6) is 0 Å². The highest BCUT2D eigenvalue weighted by molar-refractivity contribution is 5.82. The van der Waals surface area contributed by atoms with Crippen LogP contribution in [-0.2, 0) is 4.79 Å². The predicted octanol–water partition coefficient (Wildman–Crippen LogP) is 2.66.